The zero-order valence-corrected chi connectivity index (χ0v) is 15.5. The van der Waals surface area contributed by atoms with Gasteiger partial charge in [-0.2, -0.15) is 5.01 Å². The van der Waals surface area contributed by atoms with Crippen molar-refractivity contribution in [2.45, 2.75) is 25.8 Å². The summed E-state index contributed by atoms with van der Waals surface area (Å²) in [5.74, 6) is -2.40. The van der Waals surface area contributed by atoms with Crippen LogP contribution in [-0.4, -0.2) is 44.5 Å². The number of hydrazine groups is 1. The summed E-state index contributed by atoms with van der Waals surface area (Å²) in [4.78, 5) is 60.8. The highest BCUT2D eigenvalue weighted by Gasteiger charge is 2.41. The van der Waals surface area contributed by atoms with Crippen molar-refractivity contribution in [3.63, 3.8) is 0 Å². The van der Waals surface area contributed by atoms with E-state index in [4.69, 9.17) is 0 Å². The van der Waals surface area contributed by atoms with Crippen molar-refractivity contribution in [1.82, 2.24) is 10.0 Å². The van der Waals surface area contributed by atoms with Crippen molar-refractivity contribution >= 4 is 29.2 Å². The molecule has 1 aliphatic rings. The minimum atomic E-state index is -1.15. The van der Waals surface area contributed by atoms with Gasteiger partial charge in [0.1, 0.15) is 6.04 Å². The molecule has 0 N–H and O–H groups in total. The zero-order chi connectivity index (χ0) is 21.1. The Labute approximate surface area is 165 Å². The van der Waals surface area contributed by atoms with E-state index in [1.54, 1.807) is 30.3 Å². The molecule has 0 spiro atoms. The molecule has 1 heterocycles. The number of rotatable bonds is 6. The second kappa shape index (κ2) is 8.01. The summed E-state index contributed by atoms with van der Waals surface area (Å²) in [6.45, 7) is 1.43. The van der Waals surface area contributed by atoms with E-state index < -0.39 is 34.5 Å². The molecule has 148 valence electrons. The Bertz CT molecular complexity index is 971. The van der Waals surface area contributed by atoms with E-state index in [0.29, 0.717) is 10.6 Å². The number of hydrogen-bond donors (Lipinski definition) is 0. The summed E-state index contributed by atoms with van der Waals surface area (Å²) in [5, 5.41) is 12.4. The van der Waals surface area contributed by atoms with E-state index in [1.807, 2.05) is 0 Å². The normalized spacial score (nSPS) is 14.6. The molecule has 1 aliphatic heterocycles. The molecule has 29 heavy (non-hydrogen) atoms. The van der Waals surface area contributed by atoms with Gasteiger partial charge in [0, 0.05) is 36.1 Å². The molecule has 0 bridgehead atoms. The molecule has 0 unspecified atom stereocenters. The zero-order valence-electron chi connectivity index (χ0n) is 15.5. The Hall–Kier alpha value is -3.88. The minimum Gasteiger partial charge on any atom is -0.292 e. The highest BCUT2D eigenvalue weighted by molar-refractivity contribution is 6.08. The van der Waals surface area contributed by atoms with Crippen molar-refractivity contribution in [3.05, 3.63) is 75.8 Å². The van der Waals surface area contributed by atoms with Crippen molar-refractivity contribution in [2.75, 3.05) is 0 Å². The first-order valence-electron chi connectivity index (χ1n) is 8.84. The smallest absolute Gasteiger partial charge is 0.273 e. The van der Waals surface area contributed by atoms with Crippen molar-refractivity contribution in [3.8, 4) is 0 Å². The summed E-state index contributed by atoms with van der Waals surface area (Å²) in [7, 11) is 0. The summed E-state index contributed by atoms with van der Waals surface area (Å²) in [6, 6.07) is 11.8. The Balaban J connectivity index is 1.99. The molecule has 1 atom stereocenters. The van der Waals surface area contributed by atoms with Crippen LogP contribution in [0, 0.1) is 10.1 Å². The minimum absolute atomic E-state index is 0.0100. The fraction of sp³-hybridized carbons (Fsp3) is 0.200. The number of carbonyl (C=O) groups excluding carboxylic acids is 4. The molecular formula is C20H17N3O6. The maximum Gasteiger partial charge on any atom is 0.273 e. The van der Waals surface area contributed by atoms with E-state index >= 15 is 0 Å². The Morgan fingerprint density at radius 3 is 2.03 bits per heavy atom. The van der Waals surface area contributed by atoms with Gasteiger partial charge in [0.15, 0.2) is 5.78 Å². The number of nitro groups is 1. The van der Waals surface area contributed by atoms with Gasteiger partial charge in [0.05, 0.1) is 4.92 Å². The van der Waals surface area contributed by atoms with Crippen molar-refractivity contribution < 1.29 is 24.1 Å². The van der Waals surface area contributed by atoms with E-state index in [-0.39, 0.29) is 24.1 Å². The van der Waals surface area contributed by atoms with Gasteiger partial charge < -0.3 is 0 Å². The quantitative estimate of drug-likeness (QED) is 0.321. The molecule has 3 amide bonds. The van der Waals surface area contributed by atoms with Crippen molar-refractivity contribution in [2.24, 2.45) is 0 Å². The van der Waals surface area contributed by atoms with Crippen LogP contribution < -0.4 is 0 Å². The molecule has 2 aromatic rings. The summed E-state index contributed by atoms with van der Waals surface area (Å²) in [5.41, 5.74) is 0.117. The van der Waals surface area contributed by atoms with Crippen LogP contribution in [0.1, 0.15) is 40.5 Å². The lowest BCUT2D eigenvalue weighted by Crippen LogP contribution is -2.55. The van der Waals surface area contributed by atoms with Gasteiger partial charge in [0.25, 0.3) is 11.6 Å². The van der Waals surface area contributed by atoms with Gasteiger partial charge >= 0.3 is 0 Å². The number of nitro benzene ring substituents is 1. The molecule has 2 aromatic carbocycles. The lowest BCUT2D eigenvalue weighted by Gasteiger charge is -2.34. The lowest BCUT2D eigenvalue weighted by molar-refractivity contribution is -0.384. The fourth-order valence-electron chi connectivity index (χ4n) is 3.06. The fourth-order valence-corrected chi connectivity index (χ4v) is 3.06. The first-order chi connectivity index (χ1) is 13.8. The SMILES string of the molecule is C[C@@H](C(=O)c1ccccc1)N(C(=O)c1ccc([N+](=O)[O-])cc1)N1C(=O)CCC1=O. The van der Waals surface area contributed by atoms with Crippen LogP contribution >= 0.6 is 0 Å². The summed E-state index contributed by atoms with van der Waals surface area (Å²) in [6.07, 6.45) is -0.121. The number of ketones is 1. The third-order valence-electron chi connectivity index (χ3n) is 4.58. The molecule has 0 radical (unpaired) electrons. The highest BCUT2D eigenvalue weighted by atomic mass is 16.6. The van der Waals surface area contributed by atoms with Gasteiger partial charge in [0.2, 0.25) is 11.8 Å². The number of amides is 3. The molecule has 0 aromatic heterocycles. The molecule has 9 nitrogen and oxygen atoms in total. The number of nitrogens with zero attached hydrogens (tertiary/aromatic N) is 3. The monoisotopic (exact) mass is 395 g/mol. The van der Waals surface area contributed by atoms with E-state index in [2.05, 4.69) is 0 Å². The molecule has 0 aliphatic carbocycles. The van der Waals surface area contributed by atoms with E-state index in [1.165, 1.54) is 19.1 Å². The number of Topliss-reactive ketones (excluding diaryl/α,β-unsaturated/α-hetero) is 1. The highest BCUT2D eigenvalue weighted by Crippen LogP contribution is 2.23. The van der Waals surface area contributed by atoms with Crippen LogP contribution in [0.15, 0.2) is 54.6 Å². The molecule has 0 saturated carbocycles. The molecule has 1 saturated heterocycles. The van der Waals surface area contributed by atoms with Crippen LogP contribution in [0.25, 0.3) is 0 Å². The molecule has 1 fully saturated rings. The number of imide groups is 1. The van der Waals surface area contributed by atoms with Gasteiger partial charge in [-0.15, -0.1) is 0 Å². The molecular weight excluding hydrogens is 378 g/mol. The third kappa shape index (κ3) is 3.88. The first-order valence-corrected chi connectivity index (χ1v) is 8.84. The maximum atomic E-state index is 13.1. The summed E-state index contributed by atoms with van der Waals surface area (Å²) >= 11 is 0. The van der Waals surface area contributed by atoms with Crippen LogP contribution in [-0.2, 0) is 9.59 Å². The first kappa shape index (κ1) is 19.9. The number of non-ortho nitro benzene ring substituents is 1. The number of carbonyl (C=O) groups is 4. The predicted octanol–water partition coefficient (Wildman–Crippen LogP) is 2.37. The second-order valence-corrected chi connectivity index (χ2v) is 6.46. The largest absolute Gasteiger partial charge is 0.292 e. The van der Waals surface area contributed by atoms with Crippen LogP contribution in [0.3, 0.4) is 0 Å². The number of benzene rings is 2. The van der Waals surface area contributed by atoms with E-state index in [0.717, 1.165) is 17.1 Å². The van der Waals surface area contributed by atoms with Crippen molar-refractivity contribution in [1.29, 1.82) is 0 Å². The maximum absolute atomic E-state index is 13.1. The molecule has 9 heteroatoms. The lowest BCUT2D eigenvalue weighted by atomic mass is 10.0. The van der Waals surface area contributed by atoms with E-state index in [9.17, 15) is 29.3 Å². The van der Waals surface area contributed by atoms with Gasteiger partial charge in [-0.05, 0) is 19.1 Å². The average Bonchev–Trinajstić information content (AvgIpc) is 3.06. The predicted molar refractivity (Wildman–Crippen MR) is 101 cm³/mol. The standard InChI is InChI=1S/C20H17N3O6/c1-13(19(26)14-5-3-2-4-6-14)21(22-17(24)11-12-18(22)25)20(27)15-7-9-16(10-8-15)23(28)29/h2-10,13H,11-12H2,1H3/t13-/m0/s1. The topological polar surface area (TPSA) is 118 Å². The van der Waals surface area contributed by atoms with Gasteiger partial charge in [-0.25, -0.2) is 5.01 Å². The Morgan fingerprint density at radius 1 is 0.966 bits per heavy atom. The third-order valence-corrected chi connectivity index (χ3v) is 4.58. The Morgan fingerprint density at radius 2 is 1.52 bits per heavy atom. The van der Waals surface area contributed by atoms with Gasteiger partial charge in [-0.3, -0.25) is 29.3 Å². The Kier molecular flexibility index (Phi) is 5.49. The molecule has 3 rings (SSSR count). The van der Waals surface area contributed by atoms with Crippen LogP contribution in [0.5, 0.6) is 0 Å². The number of hydrogen-bond acceptors (Lipinski definition) is 6. The summed E-state index contributed by atoms with van der Waals surface area (Å²) < 4.78 is 0. The van der Waals surface area contributed by atoms with Crippen LogP contribution in [0.4, 0.5) is 5.69 Å². The van der Waals surface area contributed by atoms with Gasteiger partial charge in [-0.1, -0.05) is 30.3 Å². The van der Waals surface area contributed by atoms with Crippen LogP contribution in [0.2, 0.25) is 0 Å². The second-order valence-electron chi connectivity index (χ2n) is 6.46. The average molecular weight is 395 g/mol.